The van der Waals surface area contributed by atoms with Crippen LogP contribution in [0.1, 0.15) is 58.6 Å². The Hall–Kier alpha value is -2.09. The molecule has 1 aliphatic heterocycles. The van der Waals surface area contributed by atoms with Crippen molar-refractivity contribution in [2.75, 3.05) is 6.61 Å². The van der Waals surface area contributed by atoms with E-state index in [0.717, 1.165) is 12.8 Å². The molecule has 0 aliphatic carbocycles. The Labute approximate surface area is 158 Å². The van der Waals surface area contributed by atoms with Crippen molar-refractivity contribution >= 4 is 16.7 Å². The van der Waals surface area contributed by atoms with Gasteiger partial charge in [0.15, 0.2) is 0 Å². The molecule has 0 amide bonds. The molecule has 1 aliphatic rings. The Bertz CT molecular complexity index is 782. The van der Waals surface area contributed by atoms with Crippen molar-refractivity contribution in [1.82, 2.24) is 0 Å². The number of carbonyl (C=O) groups is 1. The summed E-state index contributed by atoms with van der Waals surface area (Å²) in [6.07, 6.45) is 4.00. The molecule has 2 aromatic carbocycles. The number of rotatable bonds is 4. The lowest BCUT2D eigenvalue weighted by molar-refractivity contribution is -0.146. The van der Waals surface area contributed by atoms with Crippen molar-refractivity contribution < 1.29 is 9.53 Å². The van der Waals surface area contributed by atoms with Gasteiger partial charge in [0, 0.05) is 0 Å². The second-order valence-corrected chi connectivity index (χ2v) is 7.98. The standard InChI is InChI=1S/C22H26O2.C2H6/c1-5-10-22(11-12-24-20(22)23)15-16-6-7-18-14-19(21(2,3)4)9-8-17(18)13-16;1-2/h5-9,13-14H,1,10-12,15H2,2-4H3;1-2H3. The number of cyclic esters (lactones) is 1. The smallest absolute Gasteiger partial charge is 0.312 e. The van der Waals surface area contributed by atoms with Crippen LogP contribution in [0.3, 0.4) is 0 Å². The van der Waals surface area contributed by atoms with Crippen LogP contribution in [-0.4, -0.2) is 12.6 Å². The zero-order chi connectivity index (χ0) is 19.4. The first-order valence-electron chi connectivity index (χ1n) is 9.65. The molecule has 1 saturated heterocycles. The maximum atomic E-state index is 12.2. The molecule has 3 rings (SSSR count). The summed E-state index contributed by atoms with van der Waals surface area (Å²) in [7, 11) is 0. The highest BCUT2D eigenvalue weighted by atomic mass is 16.5. The molecular formula is C24H32O2. The van der Waals surface area contributed by atoms with Crippen LogP contribution in [0.25, 0.3) is 10.8 Å². The van der Waals surface area contributed by atoms with Crippen LogP contribution in [0, 0.1) is 5.41 Å². The summed E-state index contributed by atoms with van der Waals surface area (Å²) in [5.41, 5.74) is 2.24. The van der Waals surface area contributed by atoms with Crippen LogP contribution in [0.5, 0.6) is 0 Å². The fraction of sp³-hybridized carbons (Fsp3) is 0.458. The number of hydrogen-bond acceptors (Lipinski definition) is 2. The van der Waals surface area contributed by atoms with Gasteiger partial charge in [0.05, 0.1) is 12.0 Å². The van der Waals surface area contributed by atoms with Gasteiger partial charge in [-0.25, -0.2) is 0 Å². The fourth-order valence-electron chi connectivity index (χ4n) is 3.55. The first-order valence-corrected chi connectivity index (χ1v) is 9.65. The third-order valence-corrected chi connectivity index (χ3v) is 5.10. The molecule has 2 heteroatoms. The zero-order valence-electron chi connectivity index (χ0n) is 16.9. The summed E-state index contributed by atoms with van der Waals surface area (Å²) in [6.45, 7) is 15.0. The molecular weight excluding hydrogens is 320 g/mol. The van der Waals surface area contributed by atoms with Crippen molar-refractivity contribution in [1.29, 1.82) is 0 Å². The molecule has 0 N–H and O–H groups in total. The second kappa shape index (κ2) is 8.07. The summed E-state index contributed by atoms with van der Waals surface area (Å²) >= 11 is 0. The van der Waals surface area contributed by atoms with Crippen molar-refractivity contribution in [3.8, 4) is 0 Å². The maximum absolute atomic E-state index is 12.2. The van der Waals surface area contributed by atoms with E-state index in [4.69, 9.17) is 4.74 Å². The van der Waals surface area contributed by atoms with Crippen LogP contribution in [0.4, 0.5) is 0 Å². The van der Waals surface area contributed by atoms with Crippen molar-refractivity contribution in [2.45, 2.75) is 59.3 Å². The Morgan fingerprint density at radius 2 is 1.77 bits per heavy atom. The Morgan fingerprint density at radius 1 is 1.12 bits per heavy atom. The van der Waals surface area contributed by atoms with Gasteiger partial charge in [0.1, 0.15) is 0 Å². The molecule has 0 spiro atoms. The van der Waals surface area contributed by atoms with Gasteiger partial charge < -0.3 is 4.74 Å². The third-order valence-electron chi connectivity index (χ3n) is 5.10. The lowest BCUT2D eigenvalue weighted by Crippen LogP contribution is -2.28. The van der Waals surface area contributed by atoms with E-state index in [-0.39, 0.29) is 11.4 Å². The van der Waals surface area contributed by atoms with E-state index in [0.29, 0.717) is 13.0 Å². The Kier molecular flexibility index (Phi) is 6.28. The number of hydrogen-bond donors (Lipinski definition) is 0. The highest BCUT2D eigenvalue weighted by molar-refractivity contribution is 5.85. The third kappa shape index (κ3) is 4.17. The number of fused-ring (bicyclic) bond motifs is 1. The zero-order valence-corrected chi connectivity index (χ0v) is 16.9. The summed E-state index contributed by atoms with van der Waals surface area (Å²) in [5.74, 6) is -0.0782. The quantitative estimate of drug-likeness (QED) is 0.482. The molecule has 1 heterocycles. The van der Waals surface area contributed by atoms with Crippen LogP contribution in [0.2, 0.25) is 0 Å². The summed E-state index contributed by atoms with van der Waals surface area (Å²) < 4.78 is 5.25. The predicted molar refractivity (Wildman–Crippen MR) is 111 cm³/mol. The molecule has 2 nitrogen and oxygen atoms in total. The van der Waals surface area contributed by atoms with Crippen LogP contribution >= 0.6 is 0 Å². The SMILES string of the molecule is C=CCC1(Cc2ccc3cc(C(C)(C)C)ccc3c2)CCOC1=O.CC. The molecule has 0 aromatic heterocycles. The van der Waals surface area contributed by atoms with Gasteiger partial charge in [-0.2, -0.15) is 0 Å². The first-order chi connectivity index (χ1) is 12.3. The van der Waals surface area contributed by atoms with E-state index < -0.39 is 5.41 Å². The van der Waals surface area contributed by atoms with Crippen LogP contribution in [0.15, 0.2) is 49.1 Å². The molecule has 0 saturated carbocycles. The molecule has 1 unspecified atom stereocenters. The average molecular weight is 353 g/mol. The molecule has 26 heavy (non-hydrogen) atoms. The first kappa shape index (κ1) is 20.2. The fourth-order valence-corrected chi connectivity index (χ4v) is 3.55. The molecule has 1 atom stereocenters. The highest BCUT2D eigenvalue weighted by Crippen LogP contribution is 2.38. The van der Waals surface area contributed by atoms with Gasteiger partial charge in [-0.1, -0.05) is 77.1 Å². The minimum atomic E-state index is -0.430. The van der Waals surface area contributed by atoms with Gasteiger partial charge in [-0.3, -0.25) is 4.79 Å². The second-order valence-electron chi connectivity index (χ2n) is 7.98. The minimum absolute atomic E-state index is 0.0782. The number of carbonyl (C=O) groups excluding carboxylic acids is 1. The summed E-state index contributed by atoms with van der Waals surface area (Å²) in [6, 6.07) is 13.2. The van der Waals surface area contributed by atoms with E-state index in [1.807, 2.05) is 19.9 Å². The lowest BCUT2D eigenvalue weighted by atomic mass is 9.77. The normalized spacial score (nSPS) is 19.7. The largest absolute Gasteiger partial charge is 0.465 e. The van der Waals surface area contributed by atoms with Gasteiger partial charge >= 0.3 is 5.97 Å². The van der Waals surface area contributed by atoms with E-state index in [9.17, 15) is 4.79 Å². The van der Waals surface area contributed by atoms with Crippen molar-refractivity contribution in [3.63, 3.8) is 0 Å². The van der Waals surface area contributed by atoms with E-state index in [1.54, 1.807) is 0 Å². The Balaban J connectivity index is 0.00000117. The molecule has 0 radical (unpaired) electrons. The number of ether oxygens (including phenoxy) is 1. The number of esters is 1. The highest BCUT2D eigenvalue weighted by Gasteiger charge is 2.43. The van der Waals surface area contributed by atoms with E-state index in [2.05, 4.69) is 63.7 Å². The van der Waals surface area contributed by atoms with Gasteiger partial charge in [-0.15, -0.1) is 6.58 Å². The number of allylic oxidation sites excluding steroid dienone is 1. The van der Waals surface area contributed by atoms with E-state index >= 15 is 0 Å². The summed E-state index contributed by atoms with van der Waals surface area (Å²) in [4.78, 5) is 12.2. The van der Waals surface area contributed by atoms with Crippen molar-refractivity contribution in [2.24, 2.45) is 5.41 Å². The predicted octanol–water partition coefficient (Wildman–Crippen LogP) is 6.22. The molecule has 0 bridgehead atoms. The van der Waals surface area contributed by atoms with E-state index in [1.165, 1.54) is 21.9 Å². The minimum Gasteiger partial charge on any atom is -0.465 e. The number of benzene rings is 2. The maximum Gasteiger partial charge on any atom is 0.312 e. The van der Waals surface area contributed by atoms with Crippen LogP contribution < -0.4 is 0 Å². The molecule has 140 valence electrons. The lowest BCUT2D eigenvalue weighted by Gasteiger charge is -2.23. The topological polar surface area (TPSA) is 26.3 Å². The van der Waals surface area contributed by atoms with Gasteiger partial charge in [0.25, 0.3) is 0 Å². The van der Waals surface area contributed by atoms with Crippen molar-refractivity contribution in [3.05, 3.63) is 60.2 Å². The summed E-state index contributed by atoms with van der Waals surface area (Å²) in [5, 5.41) is 2.47. The monoisotopic (exact) mass is 352 g/mol. The molecule has 2 aromatic rings. The van der Waals surface area contributed by atoms with Gasteiger partial charge in [-0.05, 0) is 46.6 Å². The van der Waals surface area contributed by atoms with Gasteiger partial charge in [0.2, 0.25) is 0 Å². The Morgan fingerprint density at radius 3 is 2.35 bits per heavy atom. The molecule has 1 fully saturated rings. The average Bonchev–Trinajstić information content (AvgIpc) is 2.96. The van der Waals surface area contributed by atoms with Crippen LogP contribution in [-0.2, 0) is 21.4 Å².